The summed E-state index contributed by atoms with van der Waals surface area (Å²) in [6.45, 7) is 3.58. The number of amides is 1. The topological polar surface area (TPSA) is 87.2 Å². The third-order valence-corrected chi connectivity index (χ3v) is 4.12. The van der Waals surface area contributed by atoms with E-state index in [1.54, 1.807) is 11.1 Å². The average Bonchev–Trinajstić information content (AvgIpc) is 3.10. The molecule has 1 saturated heterocycles. The van der Waals surface area contributed by atoms with Crippen LogP contribution in [0.4, 0.5) is 5.95 Å². The van der Waals surface area contributed by atoms with Gasteiger partial charge in [0, 0.05) is 32.5 Å². The van der Waals surface area contributed by atoms with Gasteiger partial charge in [-0.1, -0.05) is 13.3 Å². The lowest BCUT2D eigenvalue weighted by atomic mass is 10.2. The molecule has 2 aromatic rings. The molecular weight excluding hydrogens is 320 g/mol. The molecule has 0 aromatic carbocycles. The Morgan fingerprint density at radius 1 is 1.48 bits per heavy atom. The van der Waals surface area contributed by atoms with Crippen LogP contribution in [0.1, 0.15) is 41.3 Å². The highest BCUT2D eigenvalue weighted by Crippen LogP contribution is 2.22. The van der Waals surface area contributed by atoms with Crippen molar-refractivity contribution < 1.29 is 9.53 Å². The first-order chi connectivity index (χ1) is 12.1. The zero-order valence-corrected chi connectivity index (χ0v) is 14.9. The minimum absolute atomic E-state index is 0.0752. The van der Waals surface area contributed by atoms with Gasteiger partial charge in [0.2, 0.25) is 5.95 Å². The number of H-pyrrole nitrogens is 1. The first-order valence-electron chi connectivity index (χ1n) is 8.54. The van der Waals surface area contributed by atoms with Gasteiger partial charge in [-0.05, 0) is 18.6 Å². The fraction of sp³-hybridized carbons (Fsp3) is 0.529. The molecule has 0 saturated carbocycles. The Hall–Kier alpha value is -2.48. The number of aromatic nitrogens is 4. The van der Waals surface area contributed by atoms with E-state index in [4.69, 9.17) is 4.74 Å². The second kappa shape index (κ2) is 7.60. The van der Waals surface area contributed by atoms with Gasteiger partial charge in [0.05, 0.1) is 18.8 Å². The van der Waals surface area contributed by atoms with Crippen LogP contribution in [-0.4, -0.2) is 64.8 Å². The van der Waals surface area contributed by atoms with Crippen LogP contribution in [0.3, 0.4) is 0 Å². The molecule has 25 heavy (non-hydrogen) atoms. The second-order valence-corrected chi connectivity index (χ2v) is 6.31. The highest BCUT2D eigenvalue weighted by molar-refractivity contribution is 5.92. The van der Waals surface area contributed by atoms with E-state index in [0.717, 1.165) is 24.2 Å². The monoisotopic (exact) mass is 344 g/mol. The number of morpholine rings is 1. The van der Waals surface area contributed by atoms with E-state index >= 15 is 0 Å². The maximum absolute atomic E-state index is 12.7. The third-order valence-electron chi connectivity index (χ3n) is 4.12. The number of rotatable bonds is 5. The van der Waals surface area contributed by atoms with Gasteiger partial charge in [0.15, 0.2) is 0 Å². The van der Waals surface area contributed by atoms with Gasteiger partial charge in [0.25, 0.3) is 5.91 Å². The predicted octanol–water partition coefficient (Wildman–Crippen LogP) is 1.43. The normalized spacial score (nSPS) is 17.6. The van der Waals surface area contributed by atoms with Crippen molar-refractivity contribution in [1.82, 2.24) is 25.1 Å². The number of nitrogens with one attached hydrogen (secondary N) is 1. The predicted molar refractivity (Wildman–Crippen MR) is 93.5 cm³/mol. The van der Waals surface area contributed by atoms with Crippen molar-refractivity contribution in [1.29, 1.82) is 0 Å². The molecule has 1 atom stereocenters. The zero-order chi connectivity index (χ0) is 17.8. The molecule has 1 amide bonds. The number of anilines is 1. The van der Waals surface area contributed by atoms with Crippen LogP contribution in [0, 0.1) is 0 Å². The lowest BCUT2D eigenvalue weighted by molar-refractivity contribution is -0.0249. The van der Waals surface area contributed by atoms with Crippen molar-refractivity contribution in [3.8, 4) is 0 Å². The third kappa shape index (κ3) is 3.96. The lowest BCUT2D eigenvalue weighted by Gasteiger charge is -2.32. The van der Waals surface area contributed by atoms with Crippen LogP contribution < -0.4 is 4.90 Å². The van der Waals surface area contributed by atoms with Gasteiger partial charge in [-0.15, -0.1) is 0 Å². The van der Waals surface area contributed by atoms with E-state index in [2.05, 4.69) is 27.1 Å². The molecule has 1 N–H and O–H groups in total. The zero-order valence-electron chi connectivity index (χ0n) is 14.9. The fourth-order valence-corrected chi connectivity index (χ4v) is 2.80. The van der Waals surface area contributed by atoms with Crippen LogP contribution in [0.5, 0.6) is 0 Å². The van der Waals surface area contributed by atoms with E-state index in [9.17, 15) is 4.79 Å². The summed E-state index contributed by atoms with van der Waals surface area (Å²) in [6, 6.07) is 3.67. The maximum atomic E-state index is 12.7. The molecule has 0 radical (unpaired) electrons. The number of hydrogen-bond acceptors (Lipinski definition) is 6. The summed E-state index contributed by atoms with van der Waals surface area (Å²) < 4.78 is 5.83. The van der Waals surface area contributed by atoms with Gasteiger partial charge in [-0.2, -0.15) is 5.10 Å². The number of aromatic amines is 1. The maximum Gasteiger partial charge on any atom is 0.274 e. The first-order valence-corrected chi connectivity index (χ1v) is 8.54. The van der Waals surface area contributed by atoms with Crippen LogP contribution in [0.25, 0.3) is 0 Å². The van der Waals surface area contributed by atoms with Gasteiger partial charge in [-0.3, -0.25) is 9.89 Å². The number of ether oxygens (including phenoxy) is 1. The molecule has 3 heterocycles. The van der Waals surface area contributed by atoms with Gasteiger partial charge >= 0.3 is 0 Å². The van der Waals surface area contributed by atoms with Crippen molar-refractivity contribution in [2.45, 2.75) is 25.9 Å². The molecule has 2 aromatic heterocycles. The van der Waals surface area contributed by atoms with Crippen molar-refractivity contribution in [2.75, 3.05) is 38.7 Å². The molecule has 8 nitrogen and oxygen atoms in total. The van der Waals surface area contributed by atoms with E-state index in [1.807, 2.05) is 31.1 Å². The highest BCUT2D eigenvalue weighted by Gasteiger charge is 2.28. The Morgan fingerprint density at radius 2 is 2.32 bits per heavy atom. The van der Waals surface area contributed by atoms with Gasteiger partial charge in [0.1, 0.15) is 11.8 Å². The molecule has 0 unspecified atom stereocenters. The number of aryl methyl sites for hydroxylation is 1. The highest BCUT2D eigenvalue weighted by atomic mass is 16.5. The summed E-state index contributed by atoms with van der Waals surface area (Å²) in [4.78, 5) is 25.1. The van der Waals surface area contributed by atoms with Crippen LogP contribution in [-0.2, 0) is 11.2 Å². The Balaban J connectivity index is 1.72. The van der Waals surface area contributed by atoms with Crippen molar-refractivity contribution >= 4 is 11.9 Å². The number of carbonyl (C=O) groups excluding carboxylic acids is 1. The van der Waals surface area contributed by atoms with E-state index < -0.39 is 0 Å². The van der Waals surface area contributed by atoms with Gasteiger partial charge < -0.3 is 14.5 Å². The lowest BCUT2D eigenvalue weighted by Crippen LogP contribution is -2.42. The summed E-state index contributed by atoms with van der Waals surface area (Å²) >= 11 is 0. The number of nitrogens with zero attached hydrogens (tertiary/aromatic N) is 5. The minimum Gasteiger partial charge on any atom is -0.368 e. The van der Waals surface area contributed by atoms with Crippen molar-refractivity contribution in [3.63, 3.8) is 0 Å². The molecule has 1 fully saturated rings. The smallest absolute Gasteiger partial charge is 0.274 e. The number of hydrogen-bond donors (Lipinski definition) is 1. The molecular formula is C17H24N6O2. The molecule has 8 heteroatoms. The summed E-state index contributed by atoms with van der Waals surface area (Å²) in [6.07, 6.45) is 3.36. The minimum atomic E-state index is -0.256. The molecule has 0 spiro atoms. The van der Waals surface area contributed by atoms with Crippen LogP contribution >= 0.6 is 0 Å². The first kappa shape index (κ1) is 17.3. The Labute approximate surface area is 147 Å². The average molecular weight is 344 g/mol. The van der Waals surface area contributed by atoms with Crippen molar-refractivity contribution in [2.24, 2.45) is 0 Å². The Bertz CT molecular complexity index is 729. The Kier molecular flexibility index (Phi) is 5.28. The molecule has 0 bridgehead atoms. The van der Waals surface area contributed by atoms with Crippen LogP contribution in [0.2, 0.25) is 0 Å². The summed E-state index contributed by atoms with van der Waals surface area (Å²) in [5.74, 6) is 0.551. The Morgan fingerprint density at radius 3 is 3.08 bits per heavy atom. The standard InChI is InChI=1S/C17H24N6O2/c1-4-5-12-10-14(21-20-12)16(24)23-8-9-25-15(11-23)13-6-7-18-17(19-13)22(2)3/h6-7,10,15H,4-5,8-9,11H2,1-3H3,(H,20,21)/t15-/m1/s1. The summed E-state index contributed by atoms with van der Waals surface area (Å²) in [5, 5.41) is 7.09. The molecule has 1 aliphatic rings. The quantitative estimate of drug-likeness (QED) is 0.883. The van der Waals surface area contributed by atoms with Gasteiger partial charge in [-0.25, -0.2) is 9.97 Å². The fourth-order valence-electron chi connectivity index (χ4n) is 2.80. The molecule has 0 aliphatic carbocycles. The SMILES string of the molecule is CCCc1cc(C(=O)N2CCO[C@@H](c3ccnc(N(C)C)n3)C2)n[nH]1. The second-order valence-electron chi connectivity index (χ2n) is 6.31. The van der Waals surface area contributed by atoms with Crippen molar-refractivity contribution in [3.05, 3.63) is 35.4 Å². The number of carbonyl (C=O) groups is 1. The van der Waals surface area contributed by atoms with E-state index in [1.165, 1.54) is 0 Å². The molecule has 134 valence electrons. The largest absolute Gasteiger partial charge is 0.368 e. The van der Waals surface area contributed by atoms with E-state index in [-0.39, 0.29) is 12.0 Å². The summed E-state index contributed by atoms with van der Waals surface area (Å²) in [7, 11) is 3.78. The van der Waals surface area contributed by atoms with Crippen LogP contribution in [0.15, 0.2) is 18.3 Å². The van der Waals surface area contributed by atoms with E-state index in [0.29, 0.717) is 31.3 Å². The summed E-state index contributed by atoms with van der Waals surface area (Å²) in [5.41, 5.74) is 2.23. The molecule has 1 aliphatic heterocycles. The molecule has 3 rings (SSSR count).